The van der Waals surface area contributed by atoms with Crippen LogP contribution in [0.25, 0.3) is 0 Å². The number of nitrogens with zero attached hydrogens (tertiary/aromatic N) is 1. The van der Waals surface area contributed by atoms with Gasteiger partial charge in [0, 0.05) is 12.0 Å². The fourth-order valence-corrected chi connectivity index (χ4v) is 3.60. The van der Waals surface area contributed by atoms with Crippen molar-refractivity contribution in [3.8, 4) is 5.75 Å². The van der Waals surface area contributed by atoms with Crippen molar-refractivity contribution in [3.63, 3.8) is 0 Å². The highest BCUT2D eigenvalue weighted by Gasteiger charge is 2.31. The number of ether oxygens (including phenoxy) is 1. The van der Waals surface area contributed by atoms with Crippen LogP contribution in [0.5, 0.6) is 5.75 Å². The number of aromatic carboxylic acids is 1. The second kappa shape index (κ2) is 6.54. The maximum Gasteiger partial charge on any atom is 0.338 e. The molecule has 1 atom stereocenters. The van der Waals surface area contributed by atoms with Crippen LogP contribution >= 0.6 is 11.6 Å². The fraction of sp³-hybridized carbons (Fsp3) is 0.400. The predicted molar refractivity (Wildman–Crippen MR) is 95.6 cm³/mol. The van der Waals surface area contributed by atoms with Crippen molar-refractivity contribution in [1.82, 2.24) is 4.98 Å². The Morgan fingerprint density at radius 3 is 2.54 bits per heavy atom. The first-order chi connectivity index (χ1) is 12.4. The van der Waals surface area contributed by atoms with Crippen LogP contribution in [0, 0.1) is 5.82 Å². The molecule has 0 amide bonds. The average molecular weight is 376 g/mol. The molecule has 2 aliphatic rings. The van der Waals surface area contributed by atoms with Crippen LogP contribution < -0.4 is 4.74 Å². The van der Waals surface area contributed by atoms with Gasteiger partial charge in [-0.3, -0.25) is 4.98 Å². The number of carboxylic acid groups (broad SMARTS) is 1. The highest BCUT2D eigenvalue weighted by molar-refractivity contribution is 6.31. The Bertz CT molecular complexity index is 878. The molecule has 0 bridgehead atoms. The normalized spacial score (nSPS) is 17.8. The van der Waals surface area contributed by atoms with E-state index in [2.05, 4.69) is 4.98 Å². The van der Waals surface area contributed by atoms with Crippen LogP contribution in [-0.4, -0.2) is 16.1 Å². The predicted octanol–water partition coefficient (Wildman–Crippen LogP) is 5.47. The number of rotatable bonds is 6. The van der Waals surface area contributed by atoms with Gasteiger partial charge in [-0.15, -0.1) is 0 Å². The van der Waals surface area contributed by atoms with Crippen molar-refractivity contribution in [2.24, 2.45) is 0 Å². The van der Waals surface area contributed by atoms with Gasteiger partial charge in [-0.25, -0.2) is 9.18 Å². The van der Waals surface area contributed by atoms with Gasteiger partial charge in [0.05, 0.1) is 22.5 Å². The maximum atomic E-state index is 14.2. The number of benzene rings is 1. The Labute approximate surface area is 156 Å². The quantitative estimate of drug-likeness (QED) is 0.727. The molecule has 1 N–H and O–H groups in total. The lowest BCUT2D eigenvalue weighted by Gasteiger charge is -2.19. The van der Waals surface area contributed by atoms with Crippen molar-refractivity contribution in [2.45, 2.75) is 50.5 Å². The highest BCUT2D eigenvalue weighted by atomic mass is 35.5. The summed E-state index contributed by atoms with van der Waals surface area (Å²) in [7, 11) is 0. The molecule has 26 heavy (non-hydrogen) atoms. The smallest absolute Gasteiger partial charge is 0.338 e. The minimum absolute atomic E-state index is 0.272. The zero-order valence-electron chi connectivity index (χ0n) is 14.3. The summed E-state index contributed by atoms with van der Waals surface area (Å²) in [5.41, 5.74) is 2.14. The van der Waals surface area contributed by atoms with Gasteiger partial charge in [0.1, 0.15) is 17.7 Å². The van der Waals surface area contributed by atoms with Crippen molar-refractivity contribution in [2.75, 3.05) is 0 Å². The topological polar surface area (TPSA) is 59.4 Å². The van der Waals surface area contributed by atoms with Crippen molar-refractivity contribution in [3.05, 3.63) is 57.6 Å². The molecule has 4 nitrogen and oxygen atoms in total. The van der Waals surface area contributed by atoms with Gasteiger partial charge < -0.3 is 9.84 Å². The molecule has 0 unspecified atom stereocenters. The first kappa shape index (κ1) is 17.3. The molecular weight excluding hydrogens is 357 g/mol. The standard InChI is InChI=1S/C20H19ClFNO3/c1-10(26-13-6-17(21)19(23-9-13)12-4-5-12)14-8-18(22)16(20(24)25)7-15(14)11-2-3-11/h6-12H,2-5H2,1H3,(H,24,25)/t10-/m1/s1. The first-order valence-corrected chi connectivity index (χ1v) is 9.20. The van der Waals surface area contributed by atoms with E-state index >= 15 is 0 Å². The van der Waals surface area contributed by atoms with Crippen molar-refractivity contribution in [1.29, 1.82) is 0 Å². The third kappa shape index (κ3) is 3.40. The molecule has 1 aromatic carbocycles. The molecule has 136 valence electrons. The molecule has 2 saturated carbocycles. The zero-order chi connectivity index (χ0) is 18.4. The lowest BCUT2D eigenvalue weighted by atomic mass is 9.96. The van der Waals surface area contributed by atoms with E-state index in [1.54, 1.807) is 12.3 Å². The summed E-state index contributed by atoms with van der Waals surface area (Å²) in [5, 5.41) is 9.76. The van der Waals surface area contributed by atoms with Gasteiger partial charge in [-0.2, -0.15) is 0 Å². The first-order valence-electron chi connectivity index (χ1n) is 8.82. The molecule has 0 saturated heterocycles. The molecule has 1 heterocycles. The van der Waals surface area contributed by atoms with E-state index < -0.39 is 17.9 Å². The molecule has 0 spiro atoms. The third-order valence-corrected chi connectivity index (χ3v) is 5.28. The van der Waals surface area contributed by atoms with Crippen molar-refractivity contribution < 1.29 is 19.0 Å². The van der Waals surface area contributed by atoms with E-state index in [-0.39, 0.29) is 11.5 Å². The van der Waals surface area contributed by atoms with E-state index in [1.807, 2.05) is 6.92 Å². The van der Waals surface area contributed by atoms with Crippen LogP contribution in [0.4, 0.5) is 4.39 Å². The molecule has 2 fully saturated rings. The summed E-state index contributed by atoms with van der Waals surface area (Å²) in [6, 6.07) is 4.48. The van der Waals surface area contributed by atoms with Crippen molar-refractivity contribution >= 4 is 17.6 Å². The Morgan fingerprint density at radius 1 is 1.27 bits per heavy atom. The van der Waals surface area contributed by atoms with Gasteiger partial charge in [0.25, 0.3) is 0 Å². The van der Waals surface area contributed by atoms with Gasteiger partial charge in [-0.05, 0) is 61.8 Å². The molecule has 4 rings (SSSR count). The SMILES string of the molecule is C[C@@H](Oc1cnc(C2CC2)c(Cl)c1)c1cc(F)c(C(=O)O)cc1C1CC1. The van der Waals surface area contributed by atoms with Crippen LogP contribution in [0.1, 0.15) is 77.7 Å². The Kier molecular flexibility index (Phi) is 4.35. The lowest BCUT2D eigenvalue weighted by molar-refractivity contribution is 0.0691. The van der Waals surface area contributed by atoms with Crippen LogP contribution in [0.15, 0.2) is 24.4 Å². The van der Waals surface area contributed by atoms with E-state index in [0.717, 1.165) is 36.9 Å². The van der Waals surface area contributed by atoms with Crippen LogP contribution in [0.3, 0.4) is 0 Å². The number of hydrogen-bond acceptors (Lipinski definition) is 3. The van der Waals surface area contributed by atoms with E-state index in [9.17, 15) is 9.18 Å². The largest absolute Gasteiger partial charge is 0.484 e. The van der Waals surface area contributed by atoms with E-state index in [0.29, 0.717) is 22.3 Å². The maximum absolute atomic E-state index is 14.2. The van der Waals surface area contributed by atoms with Gasteiger partial charge >= 0.3 is 5.97 Å². The molecule has 6 heteroatoms. The van der Waals surface area contributed by atoms with Gasteiger partial charge in [0.15, 0.2) is 0 Å². The van der Waals surface area contributed by atoms with Crippen LogP contribution in [-0.2, 0) is 0 Å². The van der Waals surface area contributed by atoms with Crippen LogP contribution in [0.2, 0.25) is 5.02 Å². The monoisotopic (exact) mass is 375 g/mol. The molecule has 0 radical (unpaired) electrons. The minimum atomic E-state index is -1.25. The number of hydrogen-bond donors (Lipinski definition) is 1. The number of pyridine rings is 1. The summed E-state index contributed by atoms with van der Waals surface area (Å²) in [6.45, 7) is 1.82. The van der Waals surface area contributed by atoms with E-state index in [1.165, 1.54) is 12.1 Å². The summed E-state index contributed by atoms with van der Waals surface area (Å²) in [6.07, 6.45) is 5.40. The second-order valence-electron chi connectivity index (χ2n) is 7.11. The summed E-state index contributed by atoms with van der Waals surface area (Å²) >= 11 is 6.30. The van der Waals surface area contributed by atoms with Gasteiger partial charge in [0.2, 0.25) is 0 Å². The molecule has 1 aromatic heterocycles. The second-order valence-corrected chi connectivity index (χ2v) is 7.52. The third-order valence-electron chi connectivity index (χ3n) is 4.98. The average Bonchev–Trinajstić information content (AvgIpc) is 3.46. The number of carboxylic acids is 1. The molecule has 2 aliphatic carbocycles. The van der Waals surface area contributed by atoms with E-state index in [4.69, 9.17) is 21.4 Å². The summed E-state index contributed by atoms with van der Waals surface area (Å²) in [5.74, 6) is -0.748. The number of aromatic nitrogens is 1. The fourth-order valence-electron chi connectivity index (χ4n) is 3.29. The lowest BCUT2D eigenvalue weighted by Crippen LogP contribution is -2.10. The zero-order valence-corrected chi connectivity index (χ0v) is 15.1. The molecule has 2 aromatic rings. The molecule has 0 aliphatic heterocycles. The summed E-state index contributed by atoms with van der Waals surface area (Å²) in [4.78, 5) is 15.6. The Hall–Kier alpha value is -2.14. The molecular formula is C20H19ClFNO3. The Morgan fingerprint density at radius 2 is 1.96 bits per heavy atom. The number of halogens is 2. The van der Waals surface area contributed by atoms with Gasteiger partial charge in [-0.1, -0.05) is 11.6 Å². The highest BCUT2D eigenvalue weighted by Crippen LogP contribution is 2.45. The number of carbonyl (C=O) groups is 1. The minimum Gasteiger partial charge on any atom is -0.484 e. The Balaban J connectivity index is 1.61. The summed E-state index contributed by atoms with van der Waals surface area (Å²) < 4.78 is 20.2.